The van der Waals surface area contributed by atoms with Crippen LogP contribution in [0.5, 0.6) is 0 Å². The molecule has 0 radical (unpaired) electrons. The molecule has 5 nitrogen and oxygen atoms in total. The average molecular weight is 313 g/mol. The van der Waals surface area contributed by atoms with Crippen LogP contribution < -0.4 is 5.32 Å². The average Bonchev–Trinajstić information content (AvgIpc) is 2.41. The van der Waals surface area contributed by atoms with Crippen molar-refractivity contribution in [3.8, 4) is 0 Å². The fraction of sp³-hybridized carbons (Fsp3) is 0. The normalized spacial score (nSPS) is 10.2. The van der Waals surface area contributed by atoms with Gasteiger partial charge in [-0.25, -0.2) is 4.39 Å². The summed E-state index contributed by atoms with van der Waals surface area (Å²) in [5, 5.41) is 12.9. The fourth-order valence-electron chi connectivity index (χ4n) is 1.58. The minimum atomic E-state index is -1.15. The van der Waals surface area contributed by atoms with Crippen molar-refractivity contribution in [2.45, 2.75) is 0 Å². The Morgan fingerprint density at radius 3 is 2.43 bits per heavy atom. The Hall–Kier alpha value is -2.54. The Morgan fingerprint density at radius 1 is 1.14 bits per heavy atom. The number of nitrogens with zero attached hydrogens (tertiary/aromatic N) is 1. The van der Waals surface area contributed by atoms with E-state index in [2.05, 4.69) is 5.32 Å². The Bertz CT molecular complexity index is 737. The molecule has 2 aromatic carbocycles. The van der Waals surface area contributed by atoms with E-state index in [1.54, 1.807) is 0 Å². The summed E-state index contributed by atoms with van der Waals surface area (Å²) in [6.45, 7) is 0. The third kappa shape index (κ3) is 3.32. The number of hydrogen-bond acceptors (Lipinski definition) is 3. The molecule has 0 bridgehead atoms. The van der Waals surface area contributed by atoms with Crippen molar-refractivity contribution in [1.82, 2.24) is 0 Å². The molecule has 0 spiro atoms. The van der Waals surface area contributed by atoms with Crippen LogP contribution in [0.3, 0.4) is 0 Å². The van der Waals surface area contributed by atoms with Crippen LogP contribution in [-0.4, -0.2) is 10.8 Å². The topological polar surface area (TPSA) is 72.2 Å². The lowest BCUT2D eigenvalue weighted by Gasteiger charge is -2.07. The predicted octanol–water partition coefficient (Wildman–Crippen LogP) is 3.78. The summed E-state index contributed by atoms with van der Waals surface area (Å²) in [5.74, 6) is -2.70. The Balaban J connectivity index is 2.24. The molecule has 2 rings (SSSR count). The molecule has 0 aromatic heterocycles. The molecule has 0 aliphatic heterocycles. The lowest BCUT2D eigenvalue weighted by atomic mass is 10.1. The van der Waals surface area contributed by atoms with E-state index in [0.29, 0.717) is 6.07 Å². The summed E-state index contributed by atoms with van der Waals surface area (Å²) in [6.07, 6.45) is 0. The largest absolute Gasteiger partial charge is 0.319 e. The highest BCUT2D eigenvalue weighted by Crippen LogP contribution is 2.21. The maximum absolute atomic E-state index is 13.5. The Kier molecular flexibility index (Phi) is 4.13. The quantitative estimate of drug-likeness (QED) is 0.692. The second kappa shape index (κ2) is 5.84. The van der Waals surface area contributed by atoms with E-state index in [1.807, 2.05) is 0 Å². The van der Waals surface area contributed by atoms with Gasteiger partial charge >= 0.3 is 5.69 Å². The first kappa shape index (κ1) is 14.9. The minimum absolute atomic E-state index is 0.136. The van der Waals surface area contributed by atoms with Gasteiger partial charge in [-0.3, -0.25) is 14.9 Å². The maximum atomic E-state index is 13.5. The van der Waals surface area contributed by atoms with Crippen LogP contribution in [-0.2, 0) is 0 Å². The minimum Gasteiger partial charge on any atom is -0.319 e. The summed E-state index contributed by atoms with van der Waals surface area (Å²) in [6, 6.07) is 6.27. The molecule has 0 aliphatic rings. The van der Waals surface area contributed by atoms with E-state index in [0.717, 1.165) is 18.2 Å². The highest BCUT2D eigenvalue weighted by atomic mass is 35.5. The van der Waals surface area contributed by atoms with Crippen molar-refractivity contribution < 1.29 is 18.5 Å². The smallest absolute Gasteiger partial charge is 0.304 e. The Labute approximate surface area is 122 Å². The first-order valence-corrected chi connectivity index (χ1v) is 5.96. The van der Waals surface area contributed by atoms with Crippen molar-refractivity contribution in [2.24, 2.45) is 0 Å². The molecule has 0 saturated heterocycles. The number of nitrogens with one attached hydrogen (secondary N) is 1. The van der Waals surface area contributed by atoms with Gasteiger partial charge in [-0.05, 0) is 30.3 Å². The number of hydrogen-bond donors (Lipinski definition) is 1. The summed E-state index contributed by atoms with van der Waals surface area (Å²) in [7, 11) is 0. The molecule has 0 saturated carbocycles. The zero-order valence-electron chi connectivity index (χ0n) is 10.3. The zero-order chi connectivity index (χ0) is 15.6. The fourth-order valence-corrected chi connectivity index (χ4v) is 1.74. The van der Waals surface area contributed by atoms with Gasteiger partial charge in [0.05, 0.1) is 10.6 Å². The number of benzene rings is 2. The van der Waals surface area contributed by atoms with Crippen LogP contribution in [0.2, 0.25) is 5.02 Å². The van der Waals surface area contributed by atoms with Crippen LogP contribution in [0.25, 0.3) is 0 Å². The van der Waals surface area contributed by atoms with E-state index >= 15 is 0 Å². The number of anilines is 1. The van der Waals surface area contributed by atoms with E-state index < -0.39 is 28.2 Å². The van der Waals surface area contributed by atoms with E-state index in [-0.39, 0.29) is 16.3 Å². The molecule has 1 N–H and O–H groups in total. The van der Waals surface area contributed by atoms with E-state index in [4.69, 9.17) is 11.6 Å². The van der Waals surface area contributed by atoms with Gasteiger partial charge in [0.2, 0.25) is 5.82 Å². The van der Waals surface area contributed by atoms with Gasteiger partial charge in [-0.2, -0.15) is 4.39 Å². The standard InChI is InChI=1S/C13H7ClF2N2O3/c14-8-2-3-11(9(15)6-8)17-13(19)7-1-4-12(18(20)21)10(16)5-7/h1-6H,(H,17,19). The molecule has 0 atom stereocenters. The van der Waals surface area contributed by atoms with E-state index in [9.17, 15) is 23.7 Å². The molecule has 21 heavy (non-hydrogen) atoms. The van der Waals surface area contributed by atoms with Crippen molar-refractivity contribution in [2.75, 3.05) is 5.32 Å². The SMILES string of the molecule is O=C(Nc1ccc(Cl)cc1F)c1ccc([N+](=O)[O-])c(F)c1. The van der Waals surface area contributed by atoms with E-state index in [1.165, 1.54) is 12.1 Å². The molecular weight excluding hydrogens is 306 g/mol. The second-order valence-corrected chi connectivity index (χ2v) is 4.44. The van der Waals surface area contributed by atoms with Crippen LogP contribution in [0.4, 0.5) is 20.2 Å². The van der Waals surface area contributed by atoms with Crippen molar-refractivity contribution in [3.63, 3.8) is 0 Å². The van der Waals surface area contributed by atoms with Gasteiger partial charge in [-0.1, -0.05) is 11.6 Å². The first-order valence-electron chi connectivity index (χ1n) is 5.59. The zero-order valence-corrected chi connectivity index (χ0v) is 11.0. The number of amides is 1. The van der Waals surface area contributed by atoms with Gasteiger partial charge in [0.1, 0.15) is 5.82 Å². The summed E-state index contributed by atoms with van der Waals surface area (Å²) < 4.78 is 26.9. The van der Waals surface area contributed by atoms with Crippen molar-refractivity contribution in [3.05, 3.63) is 68.7 Å². The molecule has 8 heteroatoms. The lowest BCUT2D eigenvalue weighted by molar-refractivity contribution is -0.387. The number of carbonyl (C=O) groups is 1. The first-order chi connectivity index (χ1) is 9.88. The third-order valence-corrected chi connectivity index (χ3v) is 2.82. The Morgan fingerprint density at radius 2 is 1.86 bits per heavy atom. The van der Waals surface area contributed by atoms with Gasteiger partial charge < -0.3 is 5.32 Å². The molecule has 1 amide bonds. The number of carbonyl (C=O) groups excluding carboxylic acids is 1. The van der Waals surface area contributed by atoms with Crippen LogP contribution in [0, 0.1) is 21.7 Å². The number of rotatable bonds is 3. The van der Waals surface area contributed by atoms with Crippen molar-refractivity contribution in [1.29, 1.82) is 0 Å². The summed E-state index contributed by atoms with van der Waals surface area (Å²) >= 11 is 5.57. The molecule has 0 unspecified atom stereocenters. The second-order valence-electron chi connectivity index (χ2n) is 4.00. The highest BCUT2D eigenvalue weighted by Gasteiger charge is 2.17. The van der Waals surface area contributed by atoms with Crippen LogP contribution in [0.1, 0.15) is 10.4 Å². The maximum Gasteiger partial charge on any atom is 0.304 e. The molecule has 0 aliphatic carbocycles. The van der Waals surface area contributed by atoms with Crippen molar-refractivity contribution >= 4 is 28.9 Å². The molecule has 2 aromatic rings. The number of halogens is 3. The lowest BCUT2D eigenvalue weighted by Crippen LogP contribution is -2.13. The highest BCUT2D eigenvalue weighted by molar-refractivity contribution is 6.30. The van der Waals surface area contributed by atoms with Crippen LogP contribution >= 0.6 is 11.6 Å². The predicted molar refractivity (Wildman–Crippen MR) is 72.4 cm³/mol. The molecule has 0 heterocycles. The third-order valence-electron chi connectivity index (χ3n) is 2.59. The summed E-state index contributed by atoms with van der Waals surface area (Å²) in [4.78, 5) is 21.4. The van der Waals surface area contributed by atoms with Gasteiger partial charge in [0.25, 0.3) is 5.91 Å². The molecule has 0 fully saturated rings. The van der Waals surface area contributed by atoms with Gasteiger partial charge in [0.15, 0.2) is 0 Å². The van der Waals surface area contributed by atoms with Gasteiger partial charge in [0, 0.05) is 16.7 Å². The molecule has 108 valence electrons. The molecular formula is C13H7ClF2N2O3. The van der Waals surface area contributed by atoms with Gasteiger partial charge in [-0.15, -0.1) is 0 Å². The summed E-state index contributed by atoms with van der Waals surface area (Å²) in [5.41, 5.74) is -1.06. The van der Waals surface area contributed by atoms with Crippen LogP contribution in [0.15, 0.2) is 36.4 Å². The number of nitro groups is 1. The monoisotopic (exact) mass is 312 g/mol. The number of nitro benzene ring substituents is 1.